The average Bonchev–Trinajstić information content (AvgIpc) is 3.43. The van der Waals surface area contributed by atoms with Crippen LogP contribution in [0.3, 0.4) is 0 Å². The number of ether oxygens (including phenoxy) is 1. The minimum absolute atomic E-state index is 0.00749. The second-order valence-corrected chi connectivity index (χ2v) is 11.5. The zero-order chi connectivity index (χ0) is 31.2. The van der Waals surface area contributed by atoms with Gasteiger partial charge in [0.25, 0.3) is 5.56 Å². The highest BCUT2D eigenvalue weighted by molar-refractivity contribution is 7.99. The summed E-state index contributed by atoms with van der Waals surface area (Å²) in [6.07, 6.45) is -3.57. The SMILES string of the molecule is COc1cccc(-c2c(C)c(Cc3c(F)cccc3C(F)(F)F)c3n(c2=O)C(CNc2ccnc4ccccc24)CS3)c1F. The summed E-state index contributed by atoms with van der Waals surface area (Å²) in [5.41, 5.74) is 0.0293. The summed E-state index contributed by atoms with van der Waals surface area (Å²) in [4.78, 5) is 18.6. The zero-order valence-corrected chi connectivity index (χ0v) is 24.5. The molecule has 0 spiro atoms. The molecule has 0 fully saturated rings. The number of benzene rings is 3. The molecule has 1 atom stereocenters. The van der Waals surface area contributed by atoms with E-state index in [4.69, 9.17) is 4.74 Å². The summed E-state index contributed by atoms with van der Waals surface area (Å²) in [7, 11) is 1.30. The number of nitrogens with zero attached hydrogens (tertiary/aromatic N) is 2. The van der Waals surface area contributed by atoms with Crippen molar-refractivity contribution in [2.45, 2.75) is 30.6 Å². The third-order valence-electron chi connectivity index (χ3n) is 7.92. The van der Waals surface area contributed by atoms with Crippen LogP contribution in [0.15, 0.2) is 82.7 Å². The maximum absolute atomic E-state index is 15.6. The number of hydrogen-bond donors (Lipinski definition) is 1. The highest BCUT2D eigenvalue weighted by Gasteiger charge is 2.37. The molecule has 3 aromatic carbocycles. The number of anilines is 1. The number of nitrogens with one attached hydrogen (secondary N) is 1. The van der Waals surface area contributed by atoms with Gasteiger partial charge in [0, 0.05) is 47.1 Å². The number of aromatic nitrogens is 2. The van der Waals surface area contributed by atoms with Gasteiger partial charge in [0.2, 0.25) is 0 Å². The number of methoxy groups -OCH3 is 1. The fourth-order valence-electron chi connectivity index (χ4n) is 5.76. The molecule has 44 heavy (non-hydrogen) atoms. The van der Waals surface area contributed by atoms with E-state index < -0.39 is 47.0 Å². The molecule has 5 nitrogen and oxygen atoms in total. The van der Waals surface area contributed by atoms with Crippen LogP contribution in [-0.2, 0) is 12.6 Å². The Morgan fingerprint density at radius 2 is 1.80 bits per heavy atom. The van der Waals surface area contributed by atoms with Crippen LogP contribution in [-0.4, -0.2) is 29.0 Å². The molecule has 0 saturated heterocycles. The molecule has 1 N–H and O–H groups in total. The first-order valence-corrected chi connectivity index (χ1v) is 14.7. The molecule has 1 aliphatic heterocycles. The molecule has 2 aromatic heterocycles. The van der Waals surface area contributed by atoms with Crippen LogP contribution in [0.2, 0.25) is 0 Å². The van der Waals surface area contributed by atoms with Crippen molar-refractivity contribution in [1.29, 1.82) is 0 Å². The first-order valence-electron chi connectivity index (χ1n) is 13.8. The van der Waals surface area contributed by atoms with E-state index in [0.717, 1.165) is 34.8 Å². The van der Waals surface area contributed by atoms with E-state index in [9.17, 15) is 18.0 Å². The molecule has 0 bridgehead atoms. The van der Waals surface area contributed by atoms with Gasteiger partial charge in [0.1, 0.15) is 5.82 Å². The van der Waals surface area contributed by atoms with Crippen LogP contribution < -0.4 is 15.6 Å². The molecule has 6 rings (SSSR count). The molecule has 5 aromatic rings. The topological polar surface area (TPSA) is 56.1 Å². The first kappa shape index (κ1) is 29.7. The molecular formula is C33H26F5N3O2S. The van der Waals surface area contributed by atoms with Crippen LogP contribution in [0.1, 0.15) is 28.3 Å². The van der Waals surface area contributed by atoms with Crippen LogP contribution in [0, 0.1) is 18.6 Å². The van der Waals surface area contributed by atoms with Gasteiger partial charge in [-0.25, -0.2) is 8.78 Å². The van der Waals surface area contributed by atoms with Crippen LogP contribution in [0.5, 0.6) is 5.75 Å². The van der Waals surface area contributed by atoms with E-state index in [-0.39, 0.29) is 22.4 Å². The predicted molar refractivity (Wildman–Crippen MR) is 162 cm³/mol. The zero-order valence-electron chi connectivity index (χ0n) is 23.6. The lowest BCUT2D eigenvalue weighted by Crippen LogP contribution is -2.31. The Morgan fingerprint density at radius 3 is 2.57 bits per heavy atom. The van der Waals surface area contributed by atoms with E-state index in [1.807, 2.05) is 30.3 Å². The molecule has 0 saturated carbocycles. The molecule has 3 heterocycles. The molecule has 1 aliphatic rings. The average molecular weight is 624 g/mol. The monoisotopic (exact) mass is 623 g/mol. The van der Waals surface area contributed by atoms with Crippen molar-refractivity contribution in [3.63, 3.8) is 0 Å². The quantitative estimate of drug-likeness (QED) is 0.186. The molecule has 0 aliphatic carbocycles. The summed E-state index contributed by atoms with van der Waals surface area (Å²) in [5.74, 6) is -1.44. The van der Waals surface area contributed by atoms with E-state index in [2.05, 4.69) is 10.3 Å². The van der Waals surface area contributed by atoms with Crippen molar-refractivity contribution in [3.8, 4) is 16.9 Å². The van der Waals surface area contributed by atoms with Crippen LogP contribution in [0.4, 0.5) is 27.6 Å². The second-order valence-electron chi connectivity index (χ2n) is 10.4. The van der Waals surface area contributed by atoms with Crippen LogP contribution in [0.25, 0.3) is 22.0 Å². The van der Waals surface area contributed by atoms with Gasteiger partial charge in [-0.3, -0.25) is 14.3 Å². The lowest BCUT2D eigenvalue weighted by molar-refractivity contribution is -0.138. The Balaban J connectivity index is 1.51. The maximum Gasteiger partial charge on any atom is 0.416 e. The fourth-order valence-corrected chi connectivity index (χ4v) is 7.15. The van der Waals surface area contributed by atoms with Gasteiger partial charge >= 0.3 is 6.18 Å². The minimum Gasteiger partial charge on any atom is -0.494 e. The predicted octanol–water partition coefficient (Wildman–Crippen LogP) is 8.03. The highest BCUT2D eigenvalue weighted by atomic mass is 32.2. The Kier molecular flexibility index (Phi) is 7.83. The lowest BCUT2D eigenvalue weighted by Gasteiger charge is -2.22. The van der Waals surface area contributed by atoms with Crippen molar-refractivity contribution < 1.29 is 26.7 Å². The largest absolute Gasteiger partial charge is 0.494 e. The van der Waals surface area contributed by atoms with E-state index in [1.54, 1.807) is 13.1 Å². The molecule has 11 heteroatoms. The normalized spacial score (nSPS) is 14.6. The van der Waals surface area contributed by atoms with Crippen LogP contribution >= 0.6 is 11.8 Å². The number of pyridine rings is 2. The lowest BCUT2D eigenvalue weighted by atomic mass is 9.92. The number of hydrogen-bond acceptors (Lipinski definition) is 5. The van der Waals surface area contributed by atoms with E-state index in [0.29, 0.717) is 22.9 Å². The number of halogens is 5. The highest BCUT2D eigenvalue weighted by Crippen LogP contribution is 2.42. The Labute approximate surface area is 253 Å². The molecule has 0 radical (unpaired) electrons. The van der Waals surface area contributed by atoms with Gasteiger partial charge in [-0.2, -0.15) is 13.2 Å². The first-order chi connectivity index (χ1) is 21.1. The Morgan fingerprint density at radius 1 is 1.02 bits per heavy atom. The fraction of sp³-hybridized carbons (Fsp3) is 0.212. The van der Waals surface area contributed by atoms with Gasteiger partial charge in [-0.05, 0) is 48.4 Å². The number of thioether (sulfide) groups is 1. The second kappa shape index (κ2) is 11.6. The number of rotatable bonds is 7. The summed E-state index contributed by atoms with van der Waals surface area (Å²) < 4.78 is 79.3. The molecule has 1 unspecified atom stereocenters. The Bertz CT molecular complexity index is 1950. The van der Waals surface area contributed by atoms with E-state index in [1.165, 1.54) is 41.6 Å². The van der Waals surface area contributed by atoms with Crippen molar-refractivity contribution in [1.82, 2.24) is 9.55 Å². The van der Waals surface area contributed by atoms with Crippen molar-refractivity contribution in [2.24, 2.45) is 0 Å². The van der Waals surface area contributed by atoms with Gasteiger partial charge in [0.05, 0.1) is 34.8 Å². The summed E-state index contributed by atoms with van der Waals surface area (Å²) in [6, 6.07) is 16.2. The number of fused-ring (bicyclic) bond motifs is 2. The molecule has 226 valence electrons. The summed E-state index contributed by atoms with van der Waals surface area (Å²) >= 11 is 1.31. The number of para-hydroxylation sites is 1. The van der Waals surface area contributed by atoms with Gasteiger partial charge in [-0.1, -0.05) is 36.4 Å². The van der Waals surface area contributed by atoms with E-state index >= 15 is 8.78 Å². The third kappa shape index (κ3) is 5.19. The summed E-state index contributed by atoms with van der Waals surface area (Å²) in [6.45, 7) is 1.86. The van der Waals surface area contributed by atoms with Gasteiger partial charge in [-0.15, -0.1) is 11.8 Å². The van der Waals surface area contributed by atoms with Gasteiger partial charge in [0.15, 0.2) is 11.6 Å². The summed E-state index contributed by atoms with van der Waals surface area (Å²) in [5, 5.41) is 4.71. The third-order valence-corrected chi connectivity index (χ3v) is 9.19. The number of alkyl halides is 3. The van der Waals surface area contributed by atoms with Gasteiger partial charge < -0.3 is 10.1 Å². The molecule has 0 amide bonds. The Hall–Kier alpha value is -4.38. The maximum atomic E-state index is 15.6. The molecular weight excluding hydrogens is 597 g/mol. The standard InChI is InChI=1S/C33H26F5N3O2S/c1-18-22(15-23-24(33(36,37)38)9-6-10-25(23)34)32-41(31(42)29(18)21-8-5-12-28(43-2)30(21)35)19(17-44-32)16-40-27-13-14-39-26-11-4-3-7-20(26)27/h3-14,19H,15-17H2,1-2H3,(H,39,40). The van der Waals surface area contributed by atoms with Crippen molar-refractivity contribution in [3.05, 3.63) is 117 Å². The van der Waals surface area contributed by atoms with Crippen molar-refractivity contribution in [2.75, 3.05) is 24.7 Å². The minimum atomic E-state index is -4.80. The smallest absolute Gasteiger partial charge is 0.416 e. The van der Waals surface area contributed by atoms with Crippen molar-refractivity contribution >= 4 is 28.4 Å².